The van der Waals surface area contributed by atoms with E-state index >= 15 is 0 Å². The van der Waals surface area contributed by atoms with E-state index in [-0.39, 0.29) is 6.10 Å². The Balaban J connectivity index is 1.55. The van der Waals surface area contributed by atoms with Crippen molar-refractivity contribution in [3.8, 4) is 5.75 Å². The van der Waals surface area contributed by atoms with E-state index in [9.17, 15) is 5.11 Å². The van der Waals surface area contributed by atoms with Gasteiger partial charge in [-0.1, -0.05) is 48.5 Å². The zero-order chi connectivity index (χ0) is 18.6. The van der Waals surface area contributed by atoms with Crippen LogP contribution in [0.1, 0.15) is 24.5 Å². The number of aliphatic hydroxyl groups excluding tert-OH is 1. The number of benzene rings is 2. The van der Waals surface area contributed by atoms with Gasteiger partial charge >= 0.3 is 0 Å². The first-order valence-electron chi connectivity index (χ1n) is 10.1. The molecule has 2 aromatic carbocycles. The highest BCUT2D eigenvalue weighted by Crippen LogP contribution is 2.29. The van der Waals surface area contributed by atoms with E-state index in [1.165, 1.54) is 11.1 Å². The summed E-state index contributed by atoms with van der Waals surface area (Å²) in [6.45, 7) is 6.47. The zero-order valence-corrected chi connectivity index (χ0v) is 16.1. The van der Waals surface area contributed by atoms with Crippen LogP contribution in [0.4, 0.5) is 0 Å². The van der Waals surface area contributed by atoms with E-state index in [4.69, 9.17) is 4.74 Å². The van der Waals surface area contributed by atoms with Crippen LogP contribution in [0.2, 0.25) is 0 Å². The molecule has 2 heterocycles. The topological polar surface area (TPSA) is 35.9 Å². The van der Waals surface area contributed by atoms with Gasteiger partial charge in [0.15, 0.2) is 0 Å². The molecule has 144 valence electrons. The van der Waals surface area contributed by atoms with Gasteiger partial charge in [-0.05, 0) is 31.4 Å². The molecule has 0 amide bonds. The largest absolute Gasteiger partial charge is 0.494 e. The summed E-state index contributed by atoms with van der Waals surface area (Å²) in [6, 6.07) is 20.1. The third-order valence-corrected chi connectivity index (χ3v) is 5.87. The smallest absolute Gasteiger partial charge is 0.123 e. The average Bonchev–Trinajstić information content (AvgIpc) is 3.03. The lowest BCUT2D eigenvalue weighted by Gasteiger charge is -2.44. The van der Waals surface area contributed by atoms with E-state index in [2.05, 4.69) is 58.3 Å². The Labute approximate surface area is 162 Å². The lowest BCUT2D eigenvalue weighted by Crippen LogP contribution is -2.56. The van der Waals surface area contributed by atoms with E-state index < -0.39 is 0 Å². The van der Waals surface area contributed by atoms with Gasteiger partial charge in [0.25, 0.3) is 0 Å². The lowest BCUT2D eigenvalue weighted by atomic mass is 9.99. The van der Waals surface area contributed by atoms with Crippen molar-refractivity contribution in [3.63, 3.8) is 0 Å². The first-order chi connectivity index (χ1) is 13.2. The molecule has 0 unspecified atom stereocenters. The molecule has 2 fully saturated rings. The number of ether oxygens (including phenoxy) is 1. The molecular weight excluding hydrogens is 336 g/mol. The maximum atomic E-state index is 10.1. The summed E-state index contributed by atoms with van der Waals surface area (Å²) in [5.41, 5.74) is 2.63. The summed E-state index contributed by atoms with van der Waals surface area (Å²) < 4.78 is 5.86. The molecule has 0 saturated carbocycles. The van der Waals surface area contributed by atoms with Crippen LogP contribution in [0, 0.1) is 0 Å². The van der Waals surface area contributed by atoms with Crippen molar-refractivity contribution in [1.82, 2.24) is 9.80 Å². The highest BCUT2D eigenvalue weighted by molar-refractivity contribution is 5.33. The molecule has 0 spiro atoms. The Morgan fingerprint density at radius 3 is 2.59 bits per heavy atom. The number of hydrogen-bond acceptors (Lipinski definition) is 4. The summed E-state index contributed by atoms with van der Waals surface area (Å²) in [6.07, 6.45) is 1.75. The number of fused-ring (bicyclic) bond motifs is 1. The van der Waals surface area contributed by atoms with E-state index in [1.54, 1.807) is 0 Å². The van der Waals surface area contributed by atoms with Gasteiger partial charge in [0.05, 0.1) is 12.7 Å². The van der Waals surface area contributed by atoms with Gasteiger partial charge in [0, 0.05) is 43.8 Å². The molecule has 0 aromatic heterocycles. The molecule has 1 N–H and O–H groups in total. The second-order valence-electron chi connectivity index (χ2n) is 7.81. The van der Waals surface area contributed by atoms with Gasteiger partial charge in [0.1, 0.15) is 5.75 Å². The molecule has 2 aliphatic rings. The van der Waals surface area contributed by atoms with E-state index in [0.29, 0.717) is 18.7 Å². The Morgan fingerprint density at radius 2 is 1.78 bits per heavy atom. The molecule has 0 bridgehead atoms. The predicted molar refractivity (Wildman–Crippen MR) is 108 cm³/mol. The Bertz CT molecular complexity index is 736. The molecule has 0 radical (unpaired) electrons. The molecular formula is C23H30N2O2. The van der Waals surface area contributed by atoms with Gasteiger partial charge < -0.3 is 9.84 Å². The monoisotopic (exact) mass is 366 g/mol. The Hall–Kier alpha value is -1.88. The van der Waals surface area contributed by atoms with Crippen molar-refractivity contribution in [3.05, 3.63) is 65.7 Å². The minimum absolute atomic E-state index is 0.178. The molecule has 4 heteroatoms. The van der Waals surface area contributed by atoms with Crippen LogP contribution < -0.4 is 4.74 Å². The second-order valence-corrected chi connectivity index (χ2v) is 7.81. The molecule has 27 heavy (non-hydrogen) atoms. The van der Waals surface area contributed by atoms with Gasteiger partial charge in [-0.3, -0.25) is 9.80 Å². The van der Waals surface area contributed by atoms with Crippen LogP contribution >= 0.6 is 0 Å². The van der Waals surface area contributed by atoms with Crippen molar-refractivity contribution >= 4 is 0 Å². The fourth-order valence-corrected chi connectivity index (χ4v) is 4.60. The quantitative estimate of drug-likeness (QED) is 0.853. The number of para-hydroxylation sites is 1. The molecule has 2 aromatic rings. The molecule has 0 aliphatic carbocycles. The minimum atomic E-state index is -0.178. The van der Waals surface area contributed by atoms with Crippen LogP contribution in [-0.4, -0.2) is 59.3 Å². The van der Waals surface area contributed by atoms with Crippen LogP contribution in [0.25, 0.3) is 0 Å². The summed E-state index contributed by atoms with van der Waals surface area (Å²) in [4.78, 5) is 5.09. The molecule has 2 aliphatic heterocycles. The third-order valence-electron chi connectivity index (χ3n) is 5.87. The highest BCUT2D eigenvalue weighted by atomic mass is 16.5. The first-order valence-corrected chi connectivity index (χ1v) is 10.1. The fourth-order valence-electron chi connectivity index (χ4n) is 4.60. The summed E-state index contributed by atoms with van der Waals surface area (Å²) >= 11 is 0. The van der Waals surface area contributed by atoms with Crippen molar-refractivity contribution in [2.45, 2.75) is 44.5 Å². The Kier molecular flexibility index (Phi) is 5.77. The van der Waals surface area contributed by atoms with Crippen LogP contribution in [-0.2, 0) is 13.0 Å². The average molecular weight is 367 g/mol. The maximum Gasteiger partial charge on any atom is 0.123 e. The Morgan fingerprint density at radius 1 is 1.00 bits per heavy atom. The summed E-state index contributed by atoms with van der Waals surface area (Å²) in [5.74, 6) is 0.993. The van der Waals surface area contributed by atoms with Crippen molar-refractivity contribution in [2.75, 3.05) is 26.2 Å². The fraction of sp³-hybridized carbons (Fsp3) is 0.478. The van der Waals surface area contributed by atoms with Crippen LogP contribution in [0.5, 0.6) is 5.75 Å². The minimum Gasteiger partial charge on any atom is -0.494 e. The number of nitrogens with zero attached hydrogens (tertiary/aromatic N) is 2. The van der Waals surface area contributed by atoms with Crippen LogP contribution in [0.15, 0.2) is 54.6 Å². The predicted octanol–water partition coefficient (Wildman–Crippen LogP) is 2.95. The zero-order valence-electron chi connectivity index (χ0n) is 16.1. The van der Waals surface area contributed by atoms with Gasteiger partial charge in [-0.25, -0.2) is 0 Å². The van der Waals surface area contributed by atoms with E-state index in [1.807, 2.05) is 13.0 Å². The van der Waals surface area contributed by atoms with Crippen molar-refractivity contribution in [1.29, 1.82) is 0 Å². The number of hydrogen-bond donors (Lipinski definition) is 1. The van der Waals surface area contributed by atoms with Gasteiger partial charge in [-0.15, -0.1) is 0 Å². The van der Waals surface area contributed by atoms with Crippen molar-refractivity contribution < 1.29 is 9.84 Å². The summed E-state index contributed by atoms with van der Waals surface area (Å²) in [5, 5.41) is 10.1. The molecule has 3 atom stereocenters. The molecule has 4 nitrogen and oxygen atoms in total. The van der Waals surface area contributed by atoms with Crippen LogP contribution in [0.3, 0.4) is 0 Å². The lowest BCUT2D eigenvalue weighted by molar-refractivity contribution is 0.0439. The second kappa shape index (κ2) is 8.42. The van der Waals surface area contributed by atoms with Gasteiger partial charge in [-0.2, -0.15) is 0 Å². The third kappa shape index (κ3) is 4.34. The normalized spacial score (nSPS) is 26.1. The summed E-state index contributed by atoms with van der Waals surface area (Å²) in [7, 11) is 0. The molecule has 4 rings (SSSR count). The SMILES string of the molecule is CCOc1ccccc1CN1C[C@@H]2C[C@@H](O)CN2C[C@H]1Cc1ccccc1. The first kappa shape index (κ1) is 18.5. The standard InChI is InChI=1S/C23H30N2O2/c1-2-27-23-11-7-6-10-19(23)14-24-16-21-13-22(26)17-25(21)15-20(24)12-18-8-4-3-5-9-18/h3-11,20-22,26H,2,12-17H2,1H3/t20-,21+,22-/m1/s1. The number of rotatable bonds is 6. The molecule has 2 saturated heterocycles. The number of aliphatic hydroxyl groups is 1. The maximum absolute atomic E-state index is 10.1. The van der Waals surface area contributed by atoms with Crippen molar-refractivity contribution in [2.24, 2.45) is 0 Å². The number of piperazine rings is 1. The highest BCUT2D eigenvalue weighted by Gasteiger charge is 2.39. The van der Waals surface area contributed by atoms with Gasteiger partial charge in [0.2, 0.25) is 0 Å². The van der Waals surface area contributed by atoms with E-state index in [0.717, 1.165) is 44.8 Å².